The maximum atomic E-state index is 13.0. The van der Waals surface area contributed by atoms with Gasteiger partial charge in [0.1, 0.15) is 22.6 Å². The second-order valence-electron chi connectivity index (χ2n) is 4.34. The summed E-state index contributed by atoms with van der Waals surface area (Å²) in [6.07, 6.45) is 0. The van der Waals surface area contributed by atoms with E-state index in [0.29, 0.717) is 22.5 Å². The van der Waals surface area contributed by atoms with Gasteiger partial charge in [0.15, 0.2) is 0 Å². The Labute approximate surface area is 120 Å². The Morgan fingerprint density at radius 3 is 2.53 bits per heavy atom. The minimum absolute atomic E-state index is 0.155. The molecule has 0 atom stereocenters. The summed E-state index contributed by atoms with van der Waals surface area (Å²) in [6.45, 7) is 3.95. The first kappa shape index (κ1) is 14.0. The van der Waals surface area contributed by atoms with Crippen molar-refractivity contribution in [2.45, 2.75) is 19.8 Å². The van der Waals surface area contributed by atoms with E-state index in [9.17, 15) is 4.39 Å². The van der Waals surface area contributed by atoms with E-state index in [1.165, 1.54) is 12.1 Å². The van der Waals surface area contributed by atoms with Crippen LogP contribution in [0.5, 0.6) is 0 Å². The molecule has 1 heterocycles. The largest absolute Gasteiger partial charge is 0.339 e. The number of halogens is 3. The number of anilines is 2. The quantitative estimate of drug-likeness (QED) is 0.828. The summed E-state index contributed by atoms with van der Waals surface area (Å²) in [6, 6.07) is 5.69. The Morgan fingerprint density at radius 1 is 1.16 bits per heavy atom. The molecule has 1 N–H and O–H groups in total. The van der Waals surface area contributed by atoms with Crippen LogP contribution in [0, 0.1) is 5.82 Å². The summed E-state index contributed by atoms with van der Waals surface area (Å²) in [5.74, 6) is 0.924. The molecule has 0 unspecified atom stereocenters. The molecule has 0 fully saturated rings. The molecule has 1 aromatic heterocycles. The normalized spacial score (nSPS) is 10.8. The van der Waals surface area contributed by atoms with Crippen LogP contribution in [0.3, 0.4) is 0 Å². The average molecular weight is 300 g/mol. The van der Waals surface area contributed by atoms with Gasteiger partial charge < -0.3 is 5.32 Å². The molecule has 6 heteroatoms. The highest BCUT2D eigenvalue weighted by molar-refractivity contribution is 6.33. The predicted molar refractivity (Wildman–Crippen MR) is 75.8 cm³/mol. The zero-order valence-electron chi connectivity index (χ0n) is 10.4. The third kappa shape index (κ3) is 3.55. The highest BCUT2D eigenvalue weighted by atomic mass is 35.5. The third-order valence-electron chi connectivity index (χ3n) is 2.42. The lowest BCUT2D eigenvalue weighted by Crippen LogP contribution is -2.02. The minimum Gasteiger partial charge on any atom is -0.339 e. The number of nitrogens with zero attached hydrogens (tertiary/aromatic N) is 2. The van der Waals surface area contributed by atoms with Gasteiger partial charge in [-0.05, 0) is 18.2 Å². The second kappa shape index (κ2) is 5.72. The van der Waals surface area contributed by atoms with Crippen LogP contribution in [0.4, 0.5) is 15.9 Å². The summed E-state index contributed by atoms with van der Waals surface area (Å²) in [5, 5.41) is 3.63. The number of hydrogen-bond donors (Lipinski definition) is 1. The fraction of sp³-hybridized carbons (Fsp3) is 0.231. The van der Waals surface area contributed by atoms with Gasteiger partial charge in [0.25, 0.3) is 0 Å². The minimum atomic E-state index is -0.390. The zero-order valence-corrected chi connectivity index (χ0v) is 11.9. The molecule has 0 aliphatic rings. The number of nitrogens with one attached hydrogen (secondary N) is 1. The van der Waals surface area contributed by atoms with Gasteiger partial charge in [-0.25, -0.2) is 14.4 Å². The number of aromatic nitrogens is 2. The molecule has 2 rings (SSSR count). The van der Waals surface area contributed by atoms with Crippen molar-refractivity contribution in [3.8, 4) is 0 Å². The van der Waals surface area contributed by atoms with Gasteiger partial charge in [-0.3, -0.25) is 0 Å². The van der Waals surface area contributed by atoms with Gasteiger partial charge in [0.2, 0.25) is 0 Å². The maximum absolute atomic E-state index is 13.0. The van der Waals surface area contributed by atoms with E-state index in [4.69, 9.17) is 23.2 Å². The van der Waals surface area contributed by atoms with E-state index >= 15 is 0 Å². The van der Waals surface area contributed by atoms with Crippen LogP contribution in [-0.2, 0) is 0 Å². The Balaban J connectivity index is 2.32. The molecule has 3 nitrogen and oxygen atoms in total. The second-order valence-corrected chi connectivity index (χ2v) is 5.13. The molecule has 0 bridgehead atoms. The fourth-order valence-corrected chi connectivity index (χ4v) is 1.89. The van der Waals surface area contributed by atoms with Crippen LogP contribution < -0.4 is 5.32 Å². The first-order valence-electron chi connectivity index (χ1n) is 5.72. The van der Waals surface area contributed by atoms with Crippen LogP contribution in [0.15, 0.2) is 24.3 Å². The Bertz CT molecular complexity index is 602. The first-order chi connectivity index (χ1) is 8.95. The molecule has 0 radical (unpaired) electrons. The van der Waals surface area contributed by atoms with E-state index in [-0.39, 0.29) is 16.8 Å². The van der Waals surface area contributed by atoms with Crippen LogP contribution in [-0.4, -0.2) is 9.97 Å². The Kier molecular flexibility index (Phi) is 4.22. The molecule has 0 aliphatic heterocycles. The van der Waals surface area contributed by atoms with Gasteiger partial charge in [-0.1, -0.05) is 37.0 Å². The lowest BCUT2D eigenvalue weighted by molar-refractivity contribution is 0.628. The van der Waals surface area contributed by atoms with Crippen LogP contribution in [0.25, 0.3) is 0 Å². The summed E-state index contributed by atoms with van der Waals surface area (Å²) < 4.78 is 13.0. The van der Waals surface area contributed by atoms with Crippen molar-refractivity contribution in [1.82, 2.24) is 9.97 Å². The number of hydrogen-bond acceptors (Lipinski definition) is 3. The molecule has 0 spiro atoms. The molecule has 0 saturated heterocycles. The topological polar surface area (TPSA) is 37.8 Å². The lowest BCUT2D eigenvalue weighted by atomic mass is 10.2. The molecule has 0 aliphatic carbocycles. The predicted octanol–water partition coefficient (Wildman–Crippen LogP) is 4.79. The molecule has 2 aromatic rings. The molecule has 19 heavy (non-hydrogen) atoms. The molecular formula is C13H12Cl2FN3. The summed E-state index contributed by atoms with van der Waals surface area (Å²) in [7, 11) is 0. The van der Waals surface area contributed by atoms with Crippen LogP contribution in [0.1, 0.15) is 25.6 Å². The highest BCUT2D eigenvalue weighted by Gasteiger charge is 2.09. The van der Waals surface area contributed by atoms with Gasteiger partial charge in [0.05, 0.1) is 10.7 Å². The van der Waals surface area contributed by atoms with E-state index in [1.54, 1.807) is 12.1 Å². The van der Waals surface area contributed by atoms with Crippen molar-refractivity contribution in [1.29, 1.82) is 0 Å². The average Bonchev–Trinajstić information content (AvgIpc) is 2.32. The molecular weight excluding hydrogens is 288 g/mol. The number of rotatable bonds is 3. The Morgan fingerprint density at radius 2 is 1.89 bits per heavy atom. The lowest BCUT2D eigenvalue weighted by Gasteiger charge is -2.10. The Hall–Kier alpha value is -1.39. The van der Waals surface area contributed by atoms with E-state index < -0.39 is 0 Å². The number of benzene rings is 1. The zero-order chi connectivity index (χ0) is 14.0. The van der Waals surface area contributed by atoms with Crippen molar-refractivity contribution in [2.24, 2.45) is 0 Å². The van der Waals surface area contributed by atoms with Gasteiger partial charge >= 0.3 is 0 Å². The van der Waals surface area contributed by atoms with Gasteiger partial charge in [0, 0.05) is 12.0 Å². The monoisotopic (exact) mass is 299 g/mol. The SMILES string of the molecule is CC(C)c1nc(Cl)cc(Nc2ccc(F)cc2Cl)n1. The van der Waals surface area contributed by atoms with E-state index in [1.807, 2.05) is 13.8 Å². The highest BCUT2D eigenvalue weighted by Crippen LogP contribution is 2.26. The van der Waals surface area contributed by atoms with E-state index in [2.05, 4.69) is 15.3 Å². The van der Waals surface area contributed by atoms with Gasteiger partial charge in [-0.15, -0.1) is 0 Å². The standard InChI is InChI=1S/C13H12Cl2FN3/c1-7(2)13-18-11(15)6-12(19-13)17-10-4-3-8(16)5-9(10)14/h3-7H,1-2H3,(H,17,18,19). The van der Waals surface area contributed by atoms with Gasteiger partial charge in [-0.2, -0.15) is 0 Å². The van der Waals surface area contributed by atoms with Crippen molar-refractivity contribution >= 4 is 34.7 Å². The fourth-order valence-electron chi connectivity index (χ4n) is 1.49. The molecule has 100 valence electrons. The van der Waals surface area contributed by atoms with Crippen LogP contribution in [0.2, 0.25) is 10.2 Å². The first-order valence-corrected chi connectivity index (χ1v) is 6.48. The summed E-state index contributed by atoms with van der Waals surface area (Å²) >= 11 is 11.9. The molecule has 0 saturated carbocycles. The molecule has 1 aromatic carbocycles. The van der Waals surface area contributed by atoms with Crippen LogP contribution >= 0.6 is 23.2 Å². The maximum Gasteiger partial charge on any atom is 0.135 e. The van der Waals surface area contributed by atoms with Crippen molar-refractivity contribution in [3.63, 3.8) is 0 Å². The van der Waals surface area contributed by atoms with Crippen molar-refractivity contribution < 1.29 is 4.39 Å². The summed E-state index contributed by atoms with van der Waals surface area (Å²) in [5.41, 5.74) is 0.563. The van der Waals surface area contributed by atoms with Crippen molar-refractivity contribution in [2.75, 3.05) is 5.32 Å². The smallest absolute Gasteiger partial charge is 0.135 e. The molecule has 0 amide bonds. The summed E-state index contributed by atoms with van der Waals surface area (Å²) in [4.78, 5) is 8.47. The van der Waals surface area contributed by atoms with E-state index in [0.717, 1.165) is 0 Å². The third-order valence-corrected chi connectivity index (χ3v) is 2.93. The van der Waals surface area contributed by atoms with Crippen molar-refractivity contribution in [3.05, 3.63) is 46.1 Å².